The zero-order valence-electron chi connectivity index (χ0n) is 8.48. The van der Waals surface area contributed by atoms with Crippen LogP contribution in [0.25, 0.3) is 0 Å². The van der Waals surface area contributed by atoms with Crippen molar-refractivity contribution >= 4 is 17.3 Å². The van der Waals surface area contributed by atoms with Gasteiger partial charge in [0.25, 0.3) is 0 Å². The van der Waals surface area contributed by atoms with Gasteiger partial charge in [0.05, 0.1) is 10.7 Å². The molecule has 0 aliphatic heterocycles. The lowest BCUT2D eigenvalue weighted by molar-refractivity contribution is 0.483. The van der Waals surface area contributed by atoms with Crippen molar-refractivity contribution < 1.29 is 4.74 Å². The molecule has 3 nitrogen and oxygen atoms in total. The number of para-hydroxylation sites is 1. The second-order valence-electron chi connectivity index (χ2n) is 3.20. The number of benzene rings is 2. The standard InChI is InChI=1S/C12H11ClN2O/c13-11-8-9(15-14)6-7-12(11)16-10-4-2-1-3-5-10/h1-8,15H,14H2. The molecule has 0 fully saturated rings. The number of hydrogen-bond donors (Lipinski definition) is 2. The van der Waals surface area contributed by atoms with Crippen LogP contribution in [0.3, 0.4) is 0 Å². The van der Waals surface area contributed by atoms with Crippen molar-refractivity contribution in [2.24, 2.45) is 5.84 Å². The summed E-state index contributed by atoms with van der Waals surface area (Å²) in [6.07, 6.45) is 0. The first-order valence-corrected chi connectivity index (χ1v) is 5.16. The van der Waals surface area contributed by atoms with Crippen molar-refractivity contribution in [1.82, 2.24) is 0 Å². The maximum absolute atomic E-state index is 6.04. The Morgan fingerprint density at radius 3 is 2.44 bits per heavy atom. The van der Waals surface area contributed by atoms with Gasteiger partial charge in [-0.2, -0.15) is 0 Å². The fourth-order valence-electron chi connectivity index (χ4n) is 1.29. The summed E-state index contributed by atoms with van der Waals surface area (Å²) in [5, 5.41) is 0.513. The lowest BCUT2D eigenvalue weighted by Crippen LogP contribution is -2.06. The Labute approximate surface area is 98.8 Å². The van der Waals surface area contributed by atoms with Crippen LogP contribution >= 0.6 is 11.6 Å². The van der Waals surface area contributed by atoms with E-state index in [1.165, 1.54) is 0 Å². The topological polar surface area (TPSA) is 47.3 Å². The van der Waals surface area contributed by atoms with Crippen LogP contribution in [-0.2, 0) is 0 Å². The highest BCUT2D eigenvalue weighted by Crippen LogP contribution is 2.31. The average molecular weight is 235 g/mol. The molecule has 0 aliphatic rings. The minimum atomic E-state index is 0.513. The van der Waals surface area contributed by atoms with Crippen molar-refractivity contribution in [3.63, 3.8) is 0 Å². The normalized spacial score (nSPS) is 9.88. The lowest BCUT2D eigenvalue weighted by atomic mass is 10.3. The SMILES string of the molecule is NNc1ccc(Oc2ccccc2)c(Cl)c1. The van der Waals surface area contributed by atoms with E-state index in [1.54, 1.807) is 18.2 Å². The second-order valence-corrected chi connectivity index (χ2v) is 3.61. The minimum absolute atomic E-state index is 0.513. The Balaban J connectivity index is 2.22. The van der Waals surface area contributed by atoms with Gasteiger partial charge in [-0.15, -0.1) is 0 Å². The maximum Gasteiger partial charge on any atom is 0.146 e. The molecule has 0 heterocycles. The van der Waals surface area contributed by atoms with Gasteiger partial charge in [-0.1, -0.05) is 29.8 Å². The monoisotopic (exact) mass is 234 g/mol. The summed E-state index contributed by atoms with van der Waals surface area (Å²) in [5.41, 5.74) is 3.26. The van der Waals surface area contributed by atoms with E-state index in [9.17, 15) is 0 Å². The van der Waals surface area contributed by atoms with Crippen LogP contribution < -0.4 is 16.0 Å². The van der Waals surface area contributed by atoms with E-state index in [4.69, 9.17) is 22.2 Å². The Hall–Kier alpha value is -1.71. The molecule has 0 bridgehead atoms. The molecule has 0 unspecified atom stereocenters. The fraction of sp³-hybridized carbons (Fsp3) is 0. The predicted molar refractivity (Wildman–Crippen MR) is 65.8 cm³/mol. The van der Waals surface area contributed by atoms with Gasteiger partial charge in [-0.05, 0) is 30.3 Å². The van der Waals surface area contributed by atoms with E-state index < -0.39 is 0 Å². The second kappa shape index (κ2) is 4.88. The van der Waals surface area contributed by atoms with Crippen LogP contribution in [0.1, 0.15) is 0 Å². The molecule has 0 spiro atoms. The Bertz CT molecular complexity index is 474. The Morgan fingerprint density at radius 2 is 1.81 bits per heavy atom. The first-order chi connectivity index (χ1) is 7.79. The summed E-state index contributed by atoms with van der Waals surface area (Å²) in [7, 11) is 0. The van der Waals surface area contributed by atoms with E-state index >= 15 is 0 Å². The van der Waals surface area contributed by atoms with E-state index in [0.29, 0.717) is 10.8 Å². The summed E-state index contributed by atoms with van der Waals surface area (Å²) in [4.78, 5) is 0. The van der Waals surface area contributed by atoms with Gasteiger partial charge in [0, 0.05) is 0 Å². The summed E-state index contributed by atoms with van der Waals surface area (Å²) in [6.45, 7) is 0. The predicted octanol–water partition coefficient (Wildman–Crippen LogP) is 3.42. The summed E-state index contributed by atoms with van der Waals surface area (Å²) >= 11 is 6.04. The molecule has 0 atom stereocenters. The number of ether oxygens (including phenoxy) is 1. The van der Waals surface area contributed by atoms with E-state index in [0.717, 1.165) is 11.4 Å². The zero-order chi connectivity index (χ0) is 11.4. The van der Waals surface area contributed by atoms with E-state index in [2.05, 4.69) is 5.43 Å². The van der Waals surface area contributed by atoms with Crippen LogP contribution in [0.2, 0.25) is 5.02 Å². The van der Waals surface area contributed by atoms with Crippen molar-refractivity contribution in [1.29, 1.82) is 0 Å². The van der Waals surface area contributed by atoms with Crippen molar-refractivity contribution in [2.75, 3.05) is 5.43 Å². The fourth-order valence-corrected chi connectivity index (χ4v) is 1.51. The molecular formula is C12H11ClN2O. The molecule has 4 heteroatoms. The highest BCUT2D eigenvalue weighted by Gasteiger charge is 2.03. The molecule has 0 aromatic heterocycles. The number of hydrogen-bond acceptors (Lipinski definition) is 3. The number of nitrogens with one attached hydrogen (secondary N) is 1. The highest BCUT2D eigenvalue weighted by atomic mass is 35.5. The average Bonchev–Trinajstić information content (AvgIpc) is 2.33. The molecule has 0 radical (unpaired) electrons. The third kappa shape index (κ3) is 2.45. The molecular weight excluding hydrogens is 224 g/mol. The zero-order valence-corrected chi connectivity index (χ0v) is 9.24. The number of hydrazine groups is 1. The van der Waals surface area contributed by atoms with Gasteiger partial charge < -0.3 is 10.2 Å². The van der Waals surface area contributed by atoms with Gasteiger partial charge in [0.15, 0.2) is 0 Å². The third-order valence-electron chi connectivity index (χ3n) is 2.07. The van der Waals surface area contributed by atoms with Crippen LogP contribution in [0.5, 0.6) is 11.5 Å². The number of nitrogen functional groups attached to an aromatic ring is 1. The molecule has 2 aromatic rings. The van der Waals surface area contributed by atoms with Gasteiger partial charge in [-0.3, -0.25) is 5.84 Å². The first-order valence-electron chi connectivity index (χ1n) is 4.78. The Kier molecular flexibility index (Phi) is 3.29. The number of rotatable bonds is 3. The van der Waals surface area contributed by atoms with Crippen molar-refractivity contribution in [2.45, 2.75) is 0 Å². The molecule has 82 valence electrons. The molecule has 2 aromatic carbocycles. The van der Waals surface area contributed by atoms with Crippen molar-refractivity contribution in [3.05, 3.63) is 53.6 Å². The quantitative estimate of drug-likeness (QED) is 0.632. The minimum Gasteiger partial charge on any atom is -0.456 e. The van der Waals surface area contributed by atoms with Gasteiger partial charge >= 0.3 is 0 Å². The molecule has 3 N–H and O–H groups in total. The van der Waals surface area contributed by atoms with Crippen molar-refractivity contribution in [3.8, 4) is 11.5 Å². The lowest BCUT2D eigenvalue weighted by Gasteiger charge is -2.08. The van der Waals surface area contributed by atoms with Gasteiger partial charge in [0.2, 0.25) is 0 Å². The molecule has 0 saturated carbocycles. The molecule has 0 amide bonds. The van der Waals surface area contributed by atoms with E-state index in [1.807, 2.05) is 30.3 Å². The number of nitrogens with two attached hydrogens (primary N) is 1. The van der Waals surface area contributed by atoms with Gasteiger partial charge in [-0.25, -0.2) is 0 Å². The van der Waals surface area contributed by atoms with Crippen LogP contribution in [0.15, 0.2) is 48.5 Å². The first kappa shape index (κ1) is 10.8. The smallest absolute Gasteiger partial charge is 0.146 e. The summed E-state index contributed by atoms with van der Waals surface area (Å²) in [5.74, 6) is 6.62. The maximum atomic E-state index is 6.04. The molecule has 16 heavy (non-hydrogen) atoms. The van der Waals surface area contributed by atoms with Crippen LogP contribution in [0, 0.1) is 0 Å². The summed E-state index contributed by atoms with van der Waals surface area (Å²) < 4.78 is 5.61. The number of halogens is 1. The Morgan fingerprint density at radius 1 is 1.06 bits per heavy atom. The molecule has 0 saturated heterocycles. The van der Waals surface area contributed by atoms with Gasteiger partial charge in [0.1, 0.15) is 11.5 Å². The third-order valence-corrected chi connectivity index (χ3v) is 2.36. The van der Waals surface area contributed by atoms with Crippen LogP contribution in [0.4, 0.5) is 5.69 Å². The number of anilines is 1. The van der Waals surface area contributed by atoms with E-state index in [-0.39, 0.29) is 0 Å². The van der Waals surface area contributed by atoms with Crippen LogP contribution in [-0.4, -0.2) is 0 Å². The largest absolute Gasteiger partial charge is 0.456 e. The molecule has 2 rings (SSSR count). The molecule has 0 aliphatic carbocycles. The highest BCUT2D eigenvalue weighted by molar-refractivity contribution is 6.32. The summed E-state index contributed by atoms with van der Waals surface area (Å²) in [6, 6.07) is 14.7.